The van der Waals surface area contributed by atoms with Crippen LogP contribution in [0.15, 0.2) is 35.4 Å². The summed E-state index contributed by atoms with van der Waals surface area (Å²) in [6, 6.07) is 4.82. The predicted octanol–water partition coefficient (Wildman–Crippen LogP) is 1.80. The van der Waals surface area contributed by atoms with E-state index in [-0.39, 0.29) is 30.0 Å². The second kappa shape index (κ2) is 7.81. The first-order chi connectivity index (χ1) is 11.6. The van der Waals surface area contributed by atoms with Crippen LogP contribution in [-0.2, 0) is 6.42 Å². The first-order valence-electron chi connectivity index (χ1n) is 7.22. The summed E-state index contributed by atoms with van der Waals surface area (Å²) < 4.78 is 6.54. The number of rotatable bonds is 6. The van der Waals surface area contributed by atoms with Crippen molar-refractivity contribution in [1.29, 1.82) is 0 Å². The number of nitro benzene ring substituents is 1. The van der Waals surface area contributed by atoms with Gasteiger partial charge in [-0.1, -0.05) is 5.16 Å². The quantitative estimate of drug-likeness (QED) is 0.517. The molecular weight excluding hydrogens is 350 g/mol. The Morgan fingerprint density at radius 3 is 2.88 bits per heavy atom. The molecule has 0 aliphatic heterocycles. The van der Waals surface area contributed by atoms with Crippen LogP contribution in [0.5, 0.6) is 0 Å². The maximum absolute atomic E-state index is 11.4. The van der Waals surface area contributed by atoms with E-state index in [2.05, 4.69) is 25.5 Å². The Labute approximate surface area is 148 Å². The van der Waals surface area contributed by atoms with Crippen molar-refractivity contribution in [3.63, 3.8) is 0 Å². The normalized spacial score (nSPS) is 11.8. The van der Waals surface area contributed by atoms with E-state index in [9.17, 15) is 10.1 Å². The van der Waals surface area contributed by atoms with Crippen molar-refractivity contribution in [2.75, 3.05) is 7.05 Å². The summed E-state index contributed by atoms with van der Waals surface area (Å²) in [6.07, 6.45) is 3.30. The van der Waals surface area contributed by atoms with Gasteiger partial charge in [-0.25, -0.2) is 9.67 Å². The Morgan fingerprint density at radius 2 is 2.24 bits per heavy atom. The molecule has 3 rings (SSSR count). The Kier molecular flexibility index (Phi) is 5.78. The largest absolute Gasteiger partial charge is 0.334 e. The van der Waals surface area contributed by atoms with E-state index >= 15 is 0 Å². The van der Waals surface area contributed by atoms with Gasteiger partial charge in [0.15, 0.2) is 5.82 Å². The third kappa shape index (κ3) is 3.98. The first kappa shape index (κ1) is 18.5. The van der Waals surface area contributed by atoms with Crippen molar-refractivity contribution < 1.29 is 9.45 Å². The van der Waals surface area contributed by atoms with Crippen molar-refractivity contribution >= 4 is 18.1 Å². The zero-order chi connectivity index (χ0) is 17.1. The molecule has 0 aliphatic carbocycles. The van der Waals surface area contributed by atoms with E-state index in [1.54, 1.807) is 12.1 Å². The number of hydrogen-bond donors (Lipinski definition) is 1. The van der Waals surface area contributed by atoms with E-state index in [1.807, 2.05) is 14.0 Å². The first-order valence-corrected chi connectivity index (χ1v) is 7.22. The van der Waals surface area contributed by atoms with Gasteiger partial charge in [-0.05, 0) is 26.1 Å². The maximum atomic E-state index is 11.4. The summed E-state index contributed by atoms with van der Waals surface area (Å²) >= 11 is 0. The third-order valence-electron chi connectivity index (χ3n) is 3.53. The van der Waals surface area contributed by atoms with Gasteiger partial charge >= 0.3 is 0 Å². The van der Waals surface area contributed by atoms with E-state index in [0.29, 0.717) is 23.5 Å². The lowest BCUT2D eigenvalue weighted by molar-refractivity contribution is -0.384. The molecule has 132 valence electrons. The summed E-state index contributed by atoms with van der Waals surface area (Å²) in [7, 11) is 1.85. The number of halogens is 1. The number of nitrogens with one attached hydrogen (secondary N) is 1. The minimum Gasteiger partial charge on any atom is -0.334 e. The standard InChI is InChI=1S/C14H15N7O3.ClH/c1-9(15-2)5-13-18-14(24-19-13)10-3-4-11(12(6-10)21(22)23)20-8-16-7-17-20;/h3-4,6-9,15H,5H2,1-2H3;1H. The molecule has 1 aromatic carbocycles. The molecule has 0 radical (unpaired) electrons. The van der Waals surface area contributed by atoms with E-state index in [1.165, 1.54) is 23.4 Å². The van der Waals surface area contributed by atoms with E-state index < -0.39 is 4.92 Å². The molecule has 11 heteroatoms. The lowest BCUT2D eigenvalue weighted by atomic mass is 10.1. The van der Waals surface area contributed by atoms with Gasteiger partial charge in [-0.15, -0.1) is 12.4 Å². The number of benzene rings is 1. The summed E-state index contributed by atoms with van der Waals surface area (Å²) in [5.74, 6) is 0.774. The molecule has 0 spiro atoms. The van der Waals surface area contributed by atoms with Crippen LogP contribution in [0.2, 0.25) is 0 Å². The number of likely N-dealkylation sites (N-methyl/N-ethyl adjacent to an activating group) is 1. The van der Waals surface area contributed by atoms with Crippen molar-refractivity contribution in [3.8, 4) is 17.1 Å². The number of hydrogen-bond acceptors (Lipinski definition) is 8. The van der Waals surface area contributed by atoms with Crippen LogP contribution < -0.4 is 5.32 Å². The average Bonchev–Trinajstić information content (AvgIpc) is 3.26. The zero-order valence-corrected chi connectivity index (χ0v) is 14.3. The Balaban J connectivity index is 0.00000225. The summed E-state index contributed by atoms with van der Waals surface area (Å²) in [5.41, 5.74) is 0.660. The van der Waals surface area contributed by atoms with E-state index in [0.717, 1.165) is 0 Å². The maximum Gasteiger partial charge on any atom is 0.295 e. The monoisotopic (exact) mass is 365 g/mol. The Hall–Kier alpha value is -2.85. The SMILES string of the molecule is CNC(C)Cc1noc(-c2ccc(-n3cncn3)c([N+](=O)[O-])c2)n1.Cl. The zero-order valence-electron chi connectivity index (χ0n) is 13.5. The van der Waals surface area contributed by atoms with Gasteiger partial charge in [0.2, 0.25) is 0 Å². The molecule has 1 atom stereocenters. The highest BCUT2D eigenvalue weighted by molar-refractivity contribution is 5.85. The molecular formula is C14H16ClN7O3. The van der Waals surface area contributed by atoms with Crippen LogP contribution >= 0.6 is 12.4 Å². The van der Waals surface area contributed by atoms with Gasteiger partial charge in [0, 0.05) is 24.1 Å². The molecule has 2 aromatic heterocycles. The Morgan fingerprint density at radius 1 is 1.44 bits per heavy atom. The summed E-state index contributed by atoms with van der Waals surface area (Å²) in [4.78, 5) is 19.0. The second-order valence-electron chi connectivity index (χ2n) is 5.21. The molecule has 0 bridgehead atoms. The van der Waals surface area contributed by atoms with Gasteiger partial charge in [0.1, 0.15) is 18.3 Å². The average molecular weight is 366 g/mol. The molecule has 0 fully saturated rings. The minimum absolute atomic E-state index is 0. The Bertz CT molecular complexity index is 850. The fourth-order valence-electron chi connectivity index (χ4n) is 2.16. The van der Waals surface area contributed by atoms with Gasteiger partial charge in [0.05, 0.1) is 4.92 Å². The third-order valence-corrected chi connectivity index (χ3v) is 3.53. The fraction of sp³-hybridized carbons (Fsp3) is 0.286. The van der Waals surface area contributed by atoms with Crippen LogP contribution in [0.4, 0.5) is 5.69 Å². The summed E-state index contributed by atoms with van der Waals surface area (Å²) in [6.45, 7) is 1.99. The van der Waals surface area contributed by atoms with Crippen LogP contribution in [0.1, 0.15) is 12.7 Å². The molecule has 1 N–H and O–H groups in total. The molecule has 0 amide bonds. The molecule has 3 aromatic rings. The van der Waals surface area contributed by atoms with Crippen LogP contribution in [0.3, 0.4) is 0 Å². The van der Waals surface area contributed by atoms with Gasteiger partial charge in [-0.2, -0.15) is 10.1 Å². The van der Waals surface area contributed by atoms with Gasteiger partial charge in [-0.3, -0.25) is 10.1 Å². The molecule has 1 unspecified atom stereocenters. The minimum atomic E-state index is -0.485. The van der Waals surface area contributed by atoms with E-state index in [4.69, 9.17) is 4.52 Å². The number of aromatic nitrogens is 5. The summed E-state index contributed by atoms with van der Waals surface area (Å²) in [5, 5.41) is 22.3. The highest BCUT2D eigenvalue weighted by Crippen LogP contribution is 2.28. The molecule has 10 nitrogen and oxygen atoms in total. The van der Waals surface area contributed by atoms with Crippen molar-refractivity contribution in [2.24, 2.45) is 0 Å². The lowest BCUT2D eigenvalue weighted by Crippen LogP contribution is -2.24. The molecule has 2 heterocycles. The number of nitrogens with zero attached hydrogens (tertiary/aromatic N) is 6. The topological polar surface area (TPSA) is 125 Å². The van der Waals surface area contributed by atoms with Gasteiger partial charge in [0.25, 0.3) is 11.6 Å². The van der Waals surface area contributed by atoms with Crippen LogP contribution in [0, 0.1) is 10.1 Å². The molecule has 0 aliphatic rings. The molecule has 0 saturated heterocycles. The molecule has 0 saturated carbocycles. The van der Waals surface area contributed by atoms with Crippen LogP contribution in [-0.4, -0.2) is 42.9 Å². The highest BCUT2D eigenvalue weighted by atomic mass is 35.5. The van der Waals surface area contributed by atoms with Crippen molar-refractivity contribution in [1.82, 2.24) is 30.2 Å². The van der Waals surface area contributed by atoms with Crippen molar-refractivity contribution in [3.05, 3.63) is 46.8 Å². The fourth-order valence-corrected chi connectivity index (χ4v) is 2.16. The highest BCUT2D eigenvalue weighted by Gasteiger charge is 2.20. The van der Waals surface area contributed by atoms with Crippen LogP contribution in [0.25, 0.3) is 17.1 Å². The molecule has 25 heavy (non-hydrogen) atoms. The second-order valence-corrected chi connectivity index (χ2v) is 5.21. The smallest absolute Gasteiger partial charge is 0.295 e. The lowest BCUT2D eigenvalue weighted by Gasteiger charge is -2.05. The van der Waals surface area contributed by atoms with Crippen molar-refractivity contribution in [2.45, 2.75) is 19.4 Å². The number of nitro groups is 1. The predicted molar refractivity (Wildman–Crippen MR) is 90.8 cm³/mol. The van der Waals surface area contributed by atoms with Gasteiger partial charge < -0.3 is 9.84 Å².